The Morgan fingerprint density at radius 1 is 1.50 bits per heavy atom. The first-order chi connectivity index (χ1) is 6.69. The molecule has 3 nitrogen and oxygen atoms in total. The van der Waals surface area contributed by atoms with Crippen molar-refractivity contribution < 1.29 is 0 Å². The van der Waals surface area contributed by atoms with Crippen molar-refractivity contribution in [3.05, 3.63) is 22.9 Å². The van der Waals surface area contributed by atoms with Crippen molar-refractivity contribution in [3.8, 4) is 0 Å². The highest BCUT2D eigenvalue weighted by Crippen LogP contribution is 2.11. The van der Waals surface area contributed by atoms with Gasteiger partial charge >= 0.3 is 5.69 Å². The van der Waals surface area contributed by atoms with Crippen molar-refractivity contribution in [2.24, 2.45) is 13.0 Å². The summed E-state index contributed by atoms with van der Waals surface area (Å²) in [5.41, 5.74) is 0.0760. The van der Waals surface area contributed by atoms with E-state index in [2.05, 4.69) is 22.9 Å². The molecular weight excluding hydrogens is 244 g/mol. The average Bonchev–Trinajstić information content (AvgIpc) is 2.49. The molecule has 1 rings (SSSR count). The molecule has 0 saturated heterocycles. The van der Waals surface area contributed by atoms with Crippen molar-refractivity contribution in [1.82, 2.24) is 9.13 Å². The number of nitrogens with zero attached hydrogens (tertiary/aromatic N) is 2. The maximum absolute atomic E-state index is 11.5. The zero-order valence-corrected chi connectivity index (χ0v) is 10.3. The summed E-state index contributed by atoms with van der Waals surface area (Å²) < 4.78 is 3.39. The van der Waals surface area contributed by atoms with Crippen LogP contribution in [-0.4, -0.2) is 14.5 Å². The third kappa shape index (κ3) is 2.74. The lowest BCUT2D eigenvalue weighted by Gasteiger charge is -2.12. The van der Waals surface area contributed by atoms with Crippen LogP contribution in [0.4, 0.5) is 0 Å². The molecule has 1 unspecified atom stereocenters. The monoisotopic (exact) mass is 260 g/mol. The van der Waals surface area contributed by atoms with E-state index in [1.807, 2.05) is 6.20 Å². The Bertz CT molecular complexity index is 329. The number of imidazole rings is 1. The average molecular weight is 261 g/mol. The first-order valence-corrected chi connectivity index (χ1v) is 6.09. The molecule has 1 aromatic heterocycles. The molecule has 14 heavy (non-hydrogen) atoms. The minimum atomic E-state index is 0.0760. The van der Waals surface area contributed by atoms with Gasteiger partial charge in [0, 0.05) is 31.3 Å². The van der Waals surface area contributed by atoms with Gasteiger partial charge in [-0.15, -0.1) is 0 Å². The number of halogens is 1. The van der Waals surface area contributed by atoms with Crippen LogP contribution < -0.4 is 5.69 Å². The van der Waals surface area contributed by atoms with Crippen LogP contribution in [0.25, 0.3) is 0 Å². The van der Waals surface area contributed by atoms with Gasteiger partial charge < -0.3 is 4.57 Å². The minimum Gasteiger partial charge on any atom is -0.302 e. The number of hydrogen-bond acceptors (Lipinski definition) is 1. The Labute approximate surface area is 92.9 Å². The molecule has 0 spiro atoms. The van der Waals surface area contributed by atoms with Crippen LogP contribution in [0.3, 0.4) is 0 Å². The molecule has 1 heterocycles. The number of alkyl halides is 1. The molecular formula is C10H17BrN2O. The summed E-state index contributed by atoms with van der Waals surface area (Å²) in [6, 6.07) is 0. The van der Waals surface area contributed by atoms with E-state index in [0.29, 0.717) is 5.92 Å². The van der Waals surface area contributed by atoms with Gasteiger partial charge in [-0.3, -0.25) is 4.57 Å². The SMILES string of the molecule is CCCC(CBr)Cn1ccn(C)c1=O. The Kier molecular flexibility index (Phi) is 4.45. The van der Waals surface area contributed by atoms with Gasteiger partial charge in [0.25, 0.3) is 0 Å². The van der Waals surface area contributed by atoms with Gasteiger partial charge in [0.05, 0.1) is 0 Å². The second-order valence-electron chi connectivity index (χ2n) is 3.65. The molecule has 4 heteroatoms. The van der Waals surface area contributed by atoms with Crippen molar-refractivity contribution in [2.75, 3.05) is 5.33 Å². The van der Waals surface area contributed by atoms with E-state index in [1.165, 1.54) is 0 Å². The highest BCUT2D eigenvalue weighted by Gasteiger charge is 2.08. The second kappa shape index (κ2) is 5.39. The van der Waals surface area contributed by atoms with E-state index in [0.717, 1.165) is 24.7 Å². The van der Waals surface area contributed by atoms with E-state index in [9.17, 15) is 4.79 Å². The molecule has 80 valence electrons. The van der Waals surface area contributed by atoms with E-state index >= 15 is 0 Å². The Morgan fingerprint density at radius 2 is 2.21 bits per heavy atom. The van der Waals surface area contributed by atoms with Crippen LogP contribution in [0.15, 0.2) is 17.2 Å². The summed E-state index contributed by atoms with van der Waals surface area (Å²) in [6.07, 6.45) is 5.98. The first-order valence-electron chi connectivity index (χ1n) is 4.96. The lowest BCUT2D eigenvalue weighted by atomic mass is 10.1. The van der Waals surface area contributed by atoms with Crippen LogP contribution in [0.2, 0.25) is 0 Å². The normalized spacial score (nSPS) is 13.1. The molecule has 0 aliphatic rings. The van der Waals surface area contributed by atoms with Crippen molar-refractivity contribution in [1.29, 1.82) is 0 Å². The molecule has 1 atom stereocenters. The molecule has 0 bridgehead atoms. The maximum Gasteiger partial charge on any atom is 0.327 e. The van der Waals surface area contributed by atoms with E-state index < -0.39 is 0 Å². The zero-order valence-electron chi connectivity index (χ0n) is 8.74. The lowest BCUT2D eigenvalue weighted by molar-refractivity contribution is 0.445. The van der Waals surface area contributed by atoms with E-state index in [4.69, 9.17) is 0 Å². The molecule has 1 aromatic rings. The van der Waals surface area contributed by atoms with Gasteiger partial charge in [-0.25, -0.2) is 4.79 Å². The van der Waals surface area contributed by atoms with Gasteiger partial charge in [-0.05, 0) is 12.3 Å². The largest absolute Gasteiger partial charge is 0.327 e. The van der Waals surface area contributed by atoms with Crippen molar-refractivity contribution >= 4 is 15.9 Å². The molecule has 0 radical (unpaired) electrons. The van der Waals surface area contributed by atoms with Crippen LogP contribution in [0.1, 0.15) is 19.8 Å². The van der Waals surface area contributed by atoms with Gasteiger partial charge in [-0.2, -0.15) is 0 Å². The van der Waals surface area contributed by atoms with E-state index in [-0.39, 0.29) is 5.69 Å². The van der Waals surface area contributed by atoms with Gasteiger partial charge in [0.2, 0.25) is 0 Å². The zero-order chi connectivity index (χ0) is 10.6. The predicted octanol–water partition coefficient (Wildman–Crippen LogP) is 2.00. The van der Waals surface area contributed by atoms with E-state index in [1.54, 1.807) is 22.4 Å². The third-order valence-corrected chi connectivity index (χ3v) is 3.30. The summed E-state index contributed by atoms with van der Waals surface area (Å²) in [4.78, 5) is 11.5. The Balaban J connectivity index is 2.67. The minimum absolute atomic E-state index is 0.0760. The number of aromatic nitrogens is 2. The van der Waals surface area contributed by atoms with Gasteiger partial charge in [-0.1, -0.05) is 29.3 Å². The topological polar surface area (TPSA) is 26.9 Å². The molecule has 0 aromatic carbocycles. The first kappa shape index (κ1) is 11.6. The molecule has 0 fully saturated rings. The van der Waals surface area contributed by atoms with Crippen LogP contribution >= 0.6 is 15.9 Å². The molecule has 0 aliphatic heterocycles. The van der Waals surface area contributed by atoms with Crippen LogP contribution in [-0.2, 0) is 13.6 Å². The fraction of sp³-hybridized carbons (Fsp3) is 0.700. The number of rotatable bonds is 5. The lowest BCUT2D eigenvalue weighted by Crippen LogP contribution is -2.25. The maximum atomic E-state index is 11.5. The smallest absolute Gasteiger partial charge is 0.302 e. The summed E-state index contributed by atoms with van der Waals surface area (Å²) in [5, 5.41) is 0.960. The summed E-state index contributed by atoms with van der Waals surface area (Å²) in [6.45, 7) is 2.99. The van der Waals surface area contributed by atoms with Gasteiger partial charge in [0.1, 0.15) is 0 Å². The quantitative estimate of drug-likeness (QED) is 0.745. The summed E-state index contributed by atoms with van der Waals surface area (Å²) in [5.74, 6) is 0.556. The van der Waals surface area contributed by atoms with Gasteiger partial charge in [0.15, 0.2) is 0 Å². The second-order valence-corrected chi connectivity index (χ2v) is 4.30. The number of hydrogen-bond donors (Lipinski definition) is 0. The molecule has 0 aliphatic carbocycles. The Hall–Kier alpha value is -0.510. The third-order valence-electron chi connectivity index (χ3n) is 2.39. The van der Waals surface area contributed by atoms with Crippen molar-refractivity contribution in [2.45, 2.75) is 26.3 Å². The Morgan fingerprint density at radius 3 is 2.64 bits per heavy atom. The fourth-order valence-corrected chi connectivity index (χ4v) is 2.08. The number of aryl methyl sites for hydroxylation is 1. The summed E-state index contributed by atoms with van der Waals surface area (Å²) in [7, 11) is 1.78. The fourth-order valence-electron chi connectivity index (χ4n) is 1.55. The van der Waals surface area contributed by atoms with Crippen LogP contribution in [0, 0.1) is 5.92 Å². The highest BCUT2D eigenvalue weighted by atomic mass is 79.9. The highest BCUT2D eigenvalue weighted by molar-refractivity contribution is 9.09. The molecule has 0 saturated carbocycles. The van der Waals surface area contributed by atoms with Crippen LogP contribution in [0.5, 0.6) is 0 Å². The standard InChI is InChI=1S/C10H17BrN2O/c1-3-4-9(7-11)8-13-6-5-12(2)10(13)14/h5-6,9H,3-4,7-8H2,1-2H3. The predicted molar refractivity (Wildman–Crippen MR) is 61.9 cm³/mol. The molecule has 0 N–H and O–H groups in total. The summed E-state index contributed by atoms with van der Waals surface area (Å²) >= 11 is 3.48. The van der Waals surface area contributed by atoms with Crippen molar-refractivity contribution in [3.63, 3.8) is 0 Å². The molecule has 0 amide bonds.